The van der Waals surface area contributed by atoms with E-state index in [9.17, 15) is 4.79 Å². The van der Waals surface area contributed by atoms with Gasteiger partial charge in [-0.15, -0.1) is 0 Å². The van der Waals surface area contributed by atoms with Gasteiger partial charge in [-0.25, -0.2) is 4.68 Å². The molecule has 0 atom stereocenters. The number of aromatic nitrogens is 2. The minimum Gasteiger partial charge on any atom is -0.393 e. The topological polar surface area (TPSA) is 63.8 Å². The van der Waals surface area contributed by atoms with Crippen molar-refractivity contribution in [2.75, 3.05) is 5.73 Å². The highest BCUT2D eigenvalue weighted by Crippen LogP contribution is 2.06. The number of rotatable bonds is 3. The van der Waals surface area contributed by atoms with E-state index in [0.29, 0.717) is 11.4 Å². The minimum absolute atomic E-state index is 0.239. The number of aromatic amines is 1. The number of allylic oxidation sites excluding steroid dienone is 5. The molecule has 3 N–H and O–H groups in total. The Labute approximate surface area is 88.4 Å². The molecule has 0 aromatic carbocycles. The summed E-state index contributed by atoms with van der Waals surface area (Å²) in [6.45, 7) is 7.30. The van der Waals surface area contributed by atoms with Gasteiger partial charge in [0, 0.05) is 0 Å². The summed E-state index contributed by atoms with van der Waals surface area (Å²) in [5, 5.41) is 2.88. The van der Waals surface area contributed by atoms with E-state index in [1.54, 1.807) is 19.1 Å². The van der Waals surface area contributed by atoms with Crippen LogP contribution in [0, 0.1) is 6.92 Å². The van der Waals surface area contributed by atoms with E-state index >= 15 is 0 Å². The number of nitrogens with one attached hydrogen (secondary N) is 1. The first kappa shape index (κ1) is 11.1. The molecule has 4 nitrogen and oxygen atoms in total. The third-order valence-corrected chi connectivity index (χ3v) is 2.04. The Morgan fingerprint density at radius 1 is 1.60 bits per heavy atom. The molecule has 4 heteroatoms. The Kier molecular flexibility index (Phi) is 3.33. The summed E-state index contributed by atoms with van der Waals surface area (Å²) in [6, 6.07) is 0. The van der Waals surface area contributed by atoms with Gasteiger partial charge in [-0.2, -0.15) is 0 Å². The molecule has 0 fully saturated rings. The first-order chi connectivity index (χ1) is 7.11. The molecule has 0 saturated carbocycles. The molecular formula is C11H15N3O. The molecule has 1 rings (SSSR count). The summed E-state index contributed by atoms with van der Waals surface area (Å²) in [5.74, 6) is 0. The van der Waals surface area contributed by atoms with Crippen LogP contribution in [-0.2, 0) is 0 Å². The lowest BCUT2D eigenvalue weighted by atomic mass is 10.3. The standard InChI is InChI=1S/C11H15N3O/c1-4-6-7-9(5-2)14-11(15)10(12)8(3)13-14/h4-7,13H,2,12H2,1,3H3/b6-4-,9-7+. The van der Waals surface area contributed by atoms with Crippen molar-refractivity contribution in [3.8, 4) is 0 Å². The number of nitrogens with zero attached hydrogens (tertiary/aromatic N) is 1. The van der Waals surface area contributed by atoms with Gasteiger partial charge in [0.25, 0.3) is 5.56 Å². The molecule has 80 valence electrons. The molecule has 0 aliphatic rings. The monoisotopic (exact) mass is 205 g/mol. The molecular weight excluding hydrogens is 190 g/mol. The lowest BCUT2D eigenvalue weighted by Gasteiger charge is -2.00. The fourth-order valence-corrected chi connectivity index (χ4v) is 1.17. The number of H-pyrrole nitrogens is 1. The lowest BCUT2D eigenvalue weighted by Crippen LogP contribution is -2.17. The zero-order valence-corrected chi connectivity index (χ0v) is 8.95. The molecule has 0 saturated heterocycles. The van der Waals surface area contributed by atoms with Crippen molar-refractivity contribution in [1.82, 2.24) is 9.78 Å². The van der Waals surface area contributed by atoms with E-state index in [-0.39, 0.29) is 11.2 Å². The summed E-state index contributed by atoms with van der Waals surface area (Å²) in [6.07, 6.45) is 7.07. The van der Waals surface area contributed by atoms with Crippen LogP contribution in [-0.4, -0.2) is 9.78 Å². The maximum absolute atomic E-state index is 11.6. The normalized spacial score (nSPS) is 12.3. The predicted molar refractivity (Wildman–Crippen MR) is 63.5 cm³/mol. The SMILES string of the molecule is C=C/C(=C\C=C/C)n1[nH]c(C)c(N)c1=O. The zero-order chi connectivity index (χ0) is 11.4. The van der Waals surface area contributed by atoms with E-state index in [1.165, 1.54) is 4.68 Å². The van der Waals surface area contributed by atoms with Gasteiger partial charge in [0.05, 0.1) is 11.4 Å². The van der Waals surface area contributed by atoms with E-state index in [0.717, 1.165) is 0 Å². The maximum Gasteiger partial charge on any atom is 0.294 e. The van der Waals surface area contributed by atoms with Gasteiger partial charge in [-0.3, -0.25) is 9.89 Å². The van der Waals surface area contributed by atoms with Crippen LogP contribution in [0.2, 0.25) is 0 Å². The van der Waals surface area contributed by atoms with Gasteiger partial charge >= 0.3 is 0 Å². The number of aryl methyl sites for hydroxylation is 1. The summed E-state index contributed by atoms with van der Waals surface area (Å²) in [5.41, 5.74) is 6.90. The average molecular weight is 205 g/mol. The minimum atomic E-state index is -0.247. The van der Waals surface area contributed by atoms with Crippen LogP contribution < -0.4 is 11.3 Å². The van der Waals surface area contributed by atoms with Crippen molar-refractivity contribution in [2.45, 2.75) is 13.8 Å². The van der Waals surface area contributed by atoms with Gasteiger partial charge in [-0.05, 0) is 26.0 Å². The number of anilines is 1. The molecule has 1 aromatic rings. The second-order valence-corrected chi connectivity index (χ2v) is 3.11. The second-order valence-electron chi connectivity index (χ2n) is 3.11. The van der Waals surface area contributed by atoms with Gasteiger partial charge < -0.3 is 5.73 Å². The van der Waals surface area contributed by atoms with Crippen molar-refractivity contribution in [1.29, 1.82) is 0 Å². The quantitative estimate of drug-likeness (QED) is 0.737. The summed E-state index contributed by atoms with van der Waals surface area (Å²) in [4.78, 5) is 11.6. The molecule has 0 radical (unpaired) electrons. The highest BCUT2D eigenvalue weighted by Gasteiger charge is 2.08. The first-order valence-corrected chi connectivity index (χ1v) is 4.64. The van der Waals surface area contributed by atoms with Gasteiger partial charge in [0.2, 0.25) is 0 Å². The average Bonchev–Trinajstić information content (AvgIpc) is 2.48. The molecule has 0 unspecified atom stereocenters. The summed E-state index contributed by atoms with van der Waals surface area (Å²) >= 11 is 0. The Balaban J connectivity index is 3.31. The summed E-state index contributed by atoms with van der Waals surface area (Å²) < 4.78 is 1.37. The third kappa shape index (κ3) is 2.10. The third-order valence-electron chi connectivity index (χ3n) is 2.04. The van der Waals surface area contributed by atoms with Crippen LogP contribution in [0.25, 0.3) is 5.70 Å². The zero-order valence-electron chi connectivity index (χ0n) is 8.95. The Morgan fingerprint density at radius 3 is 2.67 bits per heavy atom. The summed E-state index contributed by atoms with van der Waals surface area (Å²) in [7, 11) is 0. The van der Waals surface area contributed by atoms with Crippen LogP contribution in [0.5, 0.6) is 0 Å². The van der Waals surface area contributed by atoms with Crippen molar-refractivity contribution < 1.29 is 0 Å². The number of hydrogen-bond donors (Lipinski definition) is 2. The predicted octanol–water partition coefficient (Wildman–Crippen LogP) is 1.67. The van der Waals surface area contributed by atoms with Gasteiger partial charge in [0.15, 0.2) is 0 Å². The van der Waals surface area contributed by atoms with Crippen LogP contribution >= 0.6 is 0 Å². The smallest absolute Gasteiger partial charge is 0.294 e. The van der Waals surface area contributed by atoms with Crippen molar-refractivity contribution in [3.05, 3.63) is 46.9 Å². The van der Waals surface area contributed by atoms with Crippen LogP contribution in [0.4, 0.5) is 5.69 Å². The fraction of sp³-hybridized carbons (Fsp3) is 0.182. The van der Waals surface area contributed by atoms with Crippen molar-refractivity contribution in [3.63, 3.8) is 0 Å². The molecule has 15 heavy (non-hydrogen) atoms. The Bertz CT molecular complexity index is 475. The van der Waals surface area contributed by atoms with Crippen LogP contribution in [0.1, 0.15) is 12.6 Å². The maximum atomic E-state index is 11.6. The molecule has 1 heterocycles. The Morgan fingerprint density at radius 2 is 2.27 bits per heavy atom. The largest absolute Gasteiger partial charge is 0.393 e. The van der Waals surface area contributed by atoms with Gasteiger partial charge in [-0.1, -0.05) is 18.7 Å². The molecule has 0 aliphatic heterocycles. The van der Waals surface area contributed by atoms with Crippen molar-refractivity contribution >= 4 is 11.4 Å². The first-order valence-electron chi connectivity index (χ1n) is 4.64. The molecule has 0 bridgehead atoms. The van der Waals surface area contributed by atoms with Crippen molar-refractivity contribution in [2.24, 2.45) is 0 Å². The highest BCUT2D eigenvalue weighted by atomic mass is 16.1. The fourth-order valence-electron chi connectivity index (χ4n) is 1.17. The van der Waals surface area contributed by atoms with E-state index < -0.39 is 0 Å². The van der Waals surface area contributed by atoms with E-state index in [1.807, 2.05) is 19.1 Å². The van der Waals surface area contributed by atoms with Gasteiger partial charge in [0.1, 0.15) is 5.69 Å². The Hall–Kier alpha value is -1.97. The number of hydrogen-bond acceptors (Lipinski definition) is 2. The highest BCUT2D eigenvalue weighted by molar-refractivity contribution is 5.59. The lowest BCUT2D eigenvalue weighted by molar-refractivity contribution is 0.862. The van der Waals surface area contributed by atoms with Crippen LogP contribution in [0.3, 0.4) is 0 Å². The number of nitrogen functional groups attached to an aromatic ring is 1. The van der Waals surface area contributed by atoms with Crippen LogP contribution in [0.15, 0.2) is 35.7 Å². The number of nitrogens with two attached hydrogens (primary N) is 1. The second kappa shape index (κ2) is 4.50. The van der Waals surface area contributed by atoms with E-state index in [2.05, 4.69) is 11.7 Å². The van der Waals surface area contributed by atoms with E-state index in [4.69, 9.17) is 5.73 Å². The molecule has 1 aromatic heterocycles. The molecule has 0 amide bonds. The molecule has 0 spiro atoms. The molecule has 0 aliphatic carbocycles.